The molecule has 2 aromatic rings. The molecule has 0 bridgehead atoms. The second-order valence-electron chi connectivity index (χ2n) is 8.71. The largest absolute Gasteiger partial charge is 0.368 e. The van der Waals surface area contributed by atoms with E-state index in [0.717, 1.165) is 36.2 Å². The van der Waals surface area contributed by atoms with Crippen LogP contribution < -0.4 is 11.1 Å². The monoisotopic (exact) mass is 434 g/mol. The Kier molecular flexibility index (Phi) is 6.55. The van der Waals surface area contributed by atoms with Crippen molar-refractivity contribution in [2.24, 2.45) is 11.7 Å². The van der Waals surface area contributed by atoms with E-state index in [1.165, 1.54) is 0 Å². The Balaban J connectivity index is 1.42. The number of nitrogens with two attached hydrogens (primary N) is 1. The van der Waals surface area contributed by atoms with E-state index in [4.69, 9.17) is 5.73 Å². The molecule has 0 saturated carbocycles. The molecule has 7 heteroatoms. The molecule has 2 heterocycles. The third-order valence-corrected chi connectivity index (χ3v) is 6.62. The highest BCUT2D eigenvalue weighted by Gasteiger charge is 2.37. The zero-order valence-corrected chi connectivity index (χ0v) is 18.4. The fraction of sp³-hybridized carbons (Fsp3) is 0.400. The number of benzene rings is 2. The summed E-state index contributed by atoms with van der Waals surface area (Å²) in [6.45, 7) is 3.75. The van der Waals surface area contributed by atoms with E-state index >= 15 is 0 Å². The van der Waals surface area contributed by atoms with Crippen LogP contribution in [0.25, 0.3) is 0 Å². The minimum atomic E-state index is -0.396. The molecule has 2 saturated heterocycles. The summed E-state index contributed by atoms with van der Waals surface area (Å²) in [6, 6.07) is 17.1. The molecule has 2 fully saturated rings. The fourth-order valence-corrected chi connectivity index (χ4v) is 4.76. The van der Waals surface area contributed by atoms with Gasteiger partial charge in [0, 0.05) is 25.2 Å². The lowest BCUT2D eigenvalue weighted by Crippen LogP contribution is -2.40. The minimum Gasteiger partial charge on any atom is -0.368 e. The summed E-state index contributed by atoms with van der Waals surface area (Å²) in [6.07, 6.45) is 1.91. The van der Waals surface area contributed by atoms with Crippen LogP contribution in [0.2, 0.25) is 0 Å². The van der Waals surface area contributed by atoms with E-state index in [9.17, 15) is 14.4 Å². The van der Waals surface area contributed by atoms with Crippen LogP contribution in [-0.4, -0.2) is 46.7 Å². The third-order valence-electron chi connectivity index (χ3n) is 6.62. The maximum absolute atomic E-state index is 13.0. The molecule has 0 aromatic heterocycles. The molecule has 0 spiro atoms. The lowest BCUT2D eigenvalue weighted by Gasteiger charge is -2.25. The number of hydrogen-bond acceptors (Lipinski definition) is 4. The van der Waals surface area contributed by atoms with Gasteiger partial charge in [0.15, 0.2) is 0 Å². The maximum Gasteiger partial charge on any atom is 0.234 e. The van der Waals surface area contributed by atoms with Crippen LogP contribution >= 0.6 is 0 Å². The molecule has 3 N–H and O–H groups in total. The van der Waals surface area contributed by atoms with Crippen LogP contribution in [0.4, 0.5) is 5.69 Å². The van der Waals surface area contributed by atoms with Crippen molar-refractivity contribution in [3.8, 4) is 0 Å². The normalized spacial score (nSPS) is 22.2. The Bertz CT molecular complexity index is 994. The highest BCUT2D eigenvalue weighted by molar-refractivity contribution is 5.97. The molecule has 3 atom stereocenters. The lowest BCUT2D eigenvalue weighted by atomic mass is 10.1. The van der Waals surface area contributed by atoms with E-state index in [0.29, 0.717) is 13.1 Å². The topological polar surface area (TPSA) is 95.7 Å². The molecule has 32 heavy (non-hydrogen) atoms. The summed E-state index contributed by atoms with van der Waals surface area (Å²) < 4.78 is 0. The number of anilines is 1. The van der Waals surface area contributed by atoms with Crippen molar-refractivity contribution in [2.75, 3.05) is 18.4 Å². The molecule has 3 amide bonds. The number of likely N-dealkylation sites (tertiary alicyclic amines) is 2. The van der Waals surface area contributed by atoms with Gasteiger partial charge in [-0.05, 0) is 43.5 Å². The van der Waals surface area contributed by atoms with Crippen molar-refractivity contribution >= 4 is 23.4 Å². The van der Waals surface area contributed by atoms with Crippen molar-refractivity contribution in [2.45, 2.75) is 44.8 Å². The van der Waals surface area contributed by atoms with Gasteiger partial charge in [-0.3, -0.25) is 19.3 Å². The Morgan fingerprint density at radius 1 is 1.12 bits per heavy atom. The van der Waals surface area contributed by atoms with Gasteiger partial charge in [-0.1, -0.05) is 48.5 Å². The molecule has 2 aliphatic heterocycles. The van der Waals surface area contributed by atoms with Crippen LogP contribution in [0.3, 0.4) is 0 Å². The number of amides is 3. The van der Waals surface area contributed by atoms with Crippen molar-refractivity contribution in [1.82, 2.24) is 9.80 Å². The van der Waals surface area contributed by atoms with Crippen molar-refractivity contribution in [3.05, 3.63) is 65.7 Å². The zero-order chi connectivity index (χ0) is 22.7. The molecule has 2 aromatic carbocycles. The molecule has 3 unspecified atom stereocenters. The summed E-state index contributed by atoms with van der Waals surface area (Å²) in [5.74, 6) is -0.856. The summed E-state index contributed by atoms with van der Waals surface area (Å²) in [4.78, 5) is 41.3. The first-order valence-corrected chi connectivity index (χ1v) is 11.2. The van der Waals surface area contributed by atoms with E-state index in [1.807, 2.05) is 61.5 Å². The number of primary amides is 1. The standard InChI is InChI=1S/C25H30N4O3/c1-17(18-8-3-2-4-9-18)29-16-20(14-23(29)30)25(32)27-21-11-6-5-10-19(21)15-28-13-7-12-22(28)24(26)31/h2-6,8-11,17,20,22H,7,12-16H2,1H3,(H2,26,31)(H,27,32). The second-order valence-corrected chi connectivity index (χ2v) is 8.71. The number of nitrogens with zero attached hydrogens (tertiary/aromatic N) is 2. The highest BCUT2D eigenvalue weighted by atomic mass is 16.2. The predicted octanol–water partition coefficient (Wildman–Crippen LogP) is 2.68. The van der Waals surface area contributed by atoms with E-state index < -0.39 is 5.92 Å². The maximum atomic E-state index is 13.0. The SMILES string of the molecule is CC(c1ccccc1)N1CC(C(=O)Nc2ccccc2CN2CCCC2C(N)=O)CC1=O. The van der Waals surface area contributed by atoms with Gasteiger partial charge in [0.05, 0.1) is 18.0 Å². The smallest absolute Gasteiger partial charge is 0.234 e. The van der Waals surface area contributed by atoms with Gasteiger partial charge in [0.25, 0.3) is 0 Å². The molecule has 2 aliphatic rings. The first-order valence-electron chi connectivity index (χ1n) is 11.2. The first kappa shape index (κ1) is 22.0. The summed E-state index contributed by atoms with van der Waals surface area (Å²) in [5, 5.41) is 3.03. The van der Waals surface area contributed by atoms with Crippen molar-refractivity contribution < 1.29 is 14.4 Å². The van der Waals surface area contributed by atoms with E-state index in [-0.39, 0.29) is 36.2 Å². The average molecular weight is 435 g/mol. The van der Waals surface area contributed by atoms with Crippen LogP contribution in [0, 0.1) is 5.92 Å². The van der Waals surface area contributed by atoms with Gasteiger partial charge in [-0.15, -0.1) is 0 Å². The van der Waals surface area contributed by atoms with Gasteiger partial charge in [0.2, 0.25) is 17.7 Å². The highest BCUT2D eigenvalue weighted by Crippen LogP contribution is 2.30. The first-order chi connectivity index (χ1) is 15.4. The van der Waals surface area contributed by atoms with Gasteiger partial charge in [-0.25, -0.2) is 0 Å². The number of nitrogens with one attached hydrogen (secondary N) is 1. The molecule has 7 nitrogen and oxygen atoms in total. The quantitative estimate of drug-likeness (QED) is 0.700. The van der Waals surface area contributed by atoms with Crippen LogP contribution in [-0.2, 0) is 20.9 Å². The summed E-state index contributed by atoms with van der Waals surface area (Å²) in [5.41, 5.74) is 8.26. The molecule has 0 aliphatic carbocycles. The molecular formula is C25H30N4O3. The van der Waals surface area contributed by atoms with Crippen molar-refractivity contribution in [3.63, 3.8) is 0 Å². The second kappa shape index (κ2) is 9.53. The Morgan fingerprint density at radius 2 is 1.84 bits per heavy atom. The average Bonchev–Trinajstić information content (AvgIpc) is 3.42. The summed E-state index contributed by atoms with van der Waals surface area (Å²) >= 11 is 0. The van der Waals surface area contributed by atoms with E-state index in [1.54, 1.807) is 4.90 Å². The predicted molar refractivity (Wildman–Crippen MR) is 122 cm³/mol. The minimum absolute atomic E-state index is 0.00356. The van der Waals surface area contributed by atoms with Gasteiger partial charge in [-0.2, -0.15) is 0 Å². The zero-order valence-electron chi connectivity index (χ0n) is 18.4. The molecule has 0 radical (unpaired) electrons. The molecule has 168 valence electrons. The Labute approximate surface area is 188 Å². The van der Waals surface area contributed by atoms with E-state index in [2.05, 4.69) is 10.2 Å². The summed E-state index contributed by atoms with van der Waals surface area (Å²) in [7, 11) is 0. The van der Waals surface area contributed by atoms with Crippen LogP contribution in [0.15, 0.2) is 54.6 Å². The third kappa shape index (κ3) is 4.67. The Hall–Kier alpha value is -3.19. The van der Waals surface area contributed by atoms with Crippen LogP contribution in [0.5, 0.6) is 0 Å². The fourth-order valence-electron chi connectivity index (χ4n) is 4.76. The number of carbonyl (C=O) groups excluding carboxylic acids is 3. The van der Waals surface area contributed by atoms with Gasteiger partial charge < -0.3 is 16.0 Å². The molecule has 4 rings (SSSR count). The van der Waals surface area contributed by atoms with Crippen molar-refractivity contribution in [1.29, 1.82) is 0 Å². The Morgan fingerprint density at radius 3 is 2.59 bits per heavy atom. The van der Waals surface area contributed by atoms with Crippen LogP contribution in [0.1, 0.15) is 43.4 Å². The lowest BCUT2D eigenvalue weighted by molar-refractivity contribution is -0.129. The van der Waals surface area contributed by atoms with Gasteiger partial charge >= 0.3 is 0 Å². The number of rotatable bonds is 7. The molecular weight excluding hydrogens is 404 g/mol. The number of carbonyl (C=O) groups is 3. The van der Waals surface area contributed by atoms with Gasteiger partial charge in [0.1, 0.15) is 0 Å². The number of para-hydroxylation sites is 1. The number of hydrogen-bond donors (Lipinski definition) is 2.